The Morgan fingerprint density at radius 3 is 2.53 bits per heavy atom. The van der Waals surface area contributed by atoms with E-state index in [9.17, 15) is 14.0 Å². The monoisotopic (exact) mass is 264 g/mol. The Labute approximate surface area is 111 Å². The molecule has 0 radical (unpaired) electrons. The van der Waals surface area contributed by atoms with Gasteiger partial charge in [-0.2, -0.15) is 0 Å². The lowest BCUT2D eigenvalue weighted by Gasteiger charge is -2.33. The summed E-state index contributed by atoms with van der Waals surface area (Å²) in [6, 6.07) is 5.10. The van der Waals surface area contributed by atoms with Crippen LogP contribution in [0.1, 0.15) is 20.3 Å². The van der Waals surface area contributed by atoms with Crippen LogP contribution < -0.4 is 10.2 Å². The van der Waals surface area contributed by atoms with Crippen LogP contribution >= 0.6 is 0 Å². The Morgan fingerprint density at radius 2 is 1.95 bits per heavy atom. The van der Waals surface area contributed by atoms with E-state index in [1.807, 2.05) is 13.8 Å². The predicted molar refractivity (Wildman–Crippen MR) is 70.1 cm³/mol. The van der Waals surface area contributed by atoms with E-state index in [2.05, 4.69) is 5.32 Å². The molecule has 0 saturated carbocycles. The summed E-state index contributed by atoms with van der Waals surface area (Å²) in [6.45, 7) is 3.98. The fourth-order valence-electron chi connectivity index (χ4n) is 2.18. The van der Waals surface area contributed by atoms with Crippen LogP contribution in [0.4, 0.5) is 10.1 Å². The van der Waals surface area contributed by atoms with Crippen LogP contribution in [0.3, 0.4) is 0 Å². The average molecular weight is 264 g/mol. The van der Waals surface area contributed by atoms with E-state index in [0.717, 1.165) is 0 Å². The van der Waals surface area contributed by atoms with E-state index in [-0.39, 0.29) is 24.2 Å². The van der Waals surface area contributed by atoms with E-state index in [4.69, 9.17) is 0 Å². The second-order valence-electron chi connectivity index (χ2n) is 5.15. The van der Waals surface area contributed by atoms with Gasteiger partial charge in [0, 0.05) is 5.69 Å². The molecular formula is C14H17FN2O2. The highest BCUT2D eigenvalue weighted by Crippen LogP contribution is 2.20. The predicted octanol–water partition coefficient (Wildman–Crippen LogP) is 1.70. The molecule has 1 aromatic carbocycles. The summed E-state index contributed by atoms with van der Waals surface area (Å²) in [6.07, 6.45) is 0.599. The molecule has 19 heavy (non-hydrogen) atoms. The van der Waals surface area contributed by atoms with Crippen LogP contribution in [0, 0.1) is 11.7 Å². The molecule has 4 nitrogen and oxygen atoms in total. The maximum Gasteiger partial charge on any atom is 0.250 e. The fraction of sp³-hybridized carbons (Fsp3) is 0.429. The van der Waals surface area contributed by atoms with E-state index < -0.39 is 6.04 Å². The number of anilines is 1. The van der Waals surface area contributed by atoms with Gasteiger partial charge in [-0.1, -0.05) is 13.8 Å². The zero-order valence-corrected chi connectivity index (χ0v) is 11.0. The Bertz CT molecular complexity index is 485. The van der Waals surface area contributed by atoms with Crippen LogP contribution in [0.2, 0.25) is 0 Å². The smallest absolute Gasteiger partial charge is 0.250 e. The Kier molecular flexibility index (Phi) is 3.83. The topological polar surface area (TPSA) is 49.4 Å². The maximum absolute atomic E-state index is 12.9. The molecule has 102 valence electrons. The summed E-state index contributed by atoms with van der Waals surface area (Å²) in [4.78, 5) is 25.4. The highest BCUT2D eigenvalue weighted by Gasteiger charge is 2.33. The Hall–Kier alpha value is -1.91. The first-order chi connectivity index (χ1) is 8.97. The van der Waals surface area contributed by atoms with Gasteiger partial charge in [0.2, 0.25) is 11.8 Å². The third kappa shape index (κ3) is 3.10. The maximum atomic E-state index is 12.9. The first kappa shape index (κ1) is 13.5. The molecule has 0 spiro atoms. The molecular weight excluding hydrogens is 247 g/mol. The molecule has 1 atom stereocenters. The molecule has 0 aliphatic carbocycles. The normalized spacial score (nSPS) is 19.8. The van der Waals surface area contributed by atoms with Gasteiger partial charge in [0.15, 0.2) is 0 Å². The van der Waals surface area contributed by atoms with Crippen molar-refractivity contribution in [2.75, 3.05) is 11.4 Å². The number of carbonyl (C=O) groups is 2. The first-order valence-corrected chi connectivity index (χ1v) is 6.33. The zero-order valence-electron chi connectivity index (χ0n) is 11.0. The van der Waals surface area contributed by atoms with Crippen molar-refractivity contribution in [1.82, 2.24) is 5.32 Å². The highest BCUT2D eigenvalue weighted by molar-refractivity contribution is 6.06. The number of rotatable bonds is 3. The summed E-state index contributed by atoms with van der Waals surface area (Å²) < 4.78 is 12.9. The number of piperazine rings is 1. The number of halogens is 1. The first-order valence-electron chi connectivity index (χ1n) is 6.33. The second kappa shape index (κ2) is 5.38. The van der Waals surface area contributed by atoms with Gasteiger partial charge in [0.05, 0.1) is 0 Å². The molecule has 1 saturated heterocycles. The molecule has 1 heterocycles. The largest absolute Gasteiger partial charge is 0.343 e. The van der Waals surface area contributed by atoms with Crippen molar-refractivity contribution in [1.29, 1.82) is 0 Å². The van der Waals surface area contributed by atoms with Crippen LogP contribution in [-0.4, -0.2) is 24.4 Å². The van der Waals surface area contributed by atoms with Gasteiger partial charge < -0.3 is 10.2 Å². The van der Waals surface area contributed by atoms with Gasteiger partial charge in [-0.05, 0) is 36.6 Å². The molecule has 1 unspecified atom stereocenters. The van der Waals surface area contributed by atoms with E-state index >= 15 is 0 Å². The van der Waals surface area contributed by atoms with Crippen LogP contribution in [0.5, 0.6) is 0 Å². The molecule has 0 bridgehead atoms. The highest BCUT2D eigenvalue weighted by atomic mass is 19.1. The third-order valence-electron chi connectivity index (χ3n) is 3.05. The molecule has 1 aliphatic heterocycles. The van der Waals surface area contributed by atoms with Gasteiger partial charge in [-0.15, -0.1) is 0 Å². The number of hydrogen-bond acceptors (Lipinski definition) is 2. The molecule has 1 aromatic rings. The summed E-state index contributed by atoms with van der Waals surface area (Å²) in [7, 11) is 0. The number of benzene rings is 1. The standard InChI is InChI=1S/C14H17FN2O2/c1-9(2)7-12-14(19)17(8-13(18)16-12)11-5-3-10(15)4-6-11/h3-6,9,12H,7-8H2,1-2H3,(H,16,18). The lowest BCUT2D eigenvalue weighted by atomic mass is 10.0. The minimum Gasteiger partial charge on any atom is -0.343 e. The minimum absolute atomic E-state index is 0.0148. The second-order valence-corrected chi connectivity index (χ2v) is 5.15. The van der Waals surface area contributed by atoms with Crippen molar-refractivity contribution >= 4 is 17.5 Å². The van der Waals surface area contributed by atoms with Crippen molar-refractivity contribution in [2.45, 2.75) is 26.3 Å². The number of hydrogen-bond donors (Lipinski definition) is 1. The van der Waals surface area contributed by atoms with E-state index in [1.165, 1.54) is 29.2 Å². The van der Waals surface area contributed by atoms with Gasteiger partial charge in [-0.3, -0.25) is 9.59 Å². The fourth-order valence-corrected chi connectivity index (χ4v) is 2.18. The number of nitrogens with one attached hydrogen (secondary N) is 1. The van der Waals surface area contributed by atoms with E-state index in [0.29, 0.717) is 18.0 Å². The quantitative estimate of drug-likeness (QED) is 0.903. The molecule has 0 aromatic heterocycles. The van der Waals surface area contributed by atoms with Crippen LogP contribution in [-0.2, 0) is 9.59 Å². The molecule has 1 fully saturated rings. The van der Waals surface area contributed by atoms with Crippen LogP contribution in [0.25, 0.3) is 0 Å². The number of carbonyl (C=O) groups excluding carboxylic acids is 2. The summed E-state index contributed by atoms with van der Waals surface area (Å²) >= 11 is 0. The number of nitrogens with zero attached hydrogens (tertiary/aromatic N) is 1. The van der Waals surface area contributed by atoms with Crippen molar-refractivity contribution in [3.8, 4) is 0 Å². The SMILES string of the molecule is CC(C)CC1NC(=O)CN(c2ccc(F)cc2)C1=O. The van der Waals surface area contributed by atoms with Crippen molar-refractivity contribution < 1.29 is 14.0 Å². The average Bonchev–Trinajstić information content (AvgIpc) is 2.34. The van der Waals surface area contributed by atoms with E-state index in [1.54, 1.807) is 0 Å². The molecule has 2 rings (SSSR count). The lowest BCUT2D eigenvalue weighted by Crippen LogP contribution is -2.58. The zero-order chi connectivity index (χ0) is 14.0. The lowest BCUT2D eigenvalue weighted by molar-refractivity contribution is -0.131. The number of amides is 2. The summed E-state index contributed by atoms with van der Waals surface area (Å²) in [5.41, 5.74) is 0.551. The molecule has 2 amide bonds. The van der Waals surface area contributed by atoms with Crippen LogP contribution in [0.15, 0.2) is 24.3 Å². The van der Waals surface area contributed by atoms with Gasteiger partial charge in [0.1, 0.15) is 18.4 Å². The van der Waals surface area contributed by atoms with Crippen molar-refractivity contribution in [2.24, 2.45) is 5.92 Å². The van der Waals surface area contributed by atoms with Crippen molar-refractivity contribution in [3.05, 3.63) is 30.1 Å². The summed E-state index contributed by atoms with van der Waals surface area (Å²) in [5, 5.41) is 2.70. The minimum atomic E-state index is -0.494. The van der Waals surface area contributed by atoms with Gasteiger partial charge in [-0.25, -0.2) is 4.39 Å². The summed E-state index contributed by atoms with van der Waals surface area (Å²) in [5.74, 6) is -0.381. The Balaban J connectivity index is 2.21. The van der Waals surface area contributed by atoms with Gasteiger partial charge >= 0.3 is 0 Å². The molecule has 1 N–H and O–H groups in total. The molecule has 5 heteroatoms. The Morgan fingerprint density at radius 1 is 1.32 bits per heavy atom. The molecule has 1 aliphatic rings. The van der Waals surface area contributed by atoms with Crippen molar-refractivity contribution in [3.63, 3.8) is 0 Å². The van der Waals surface area contributed by atoms with Gasteiger partial charge in [0.25, 0.3) is 0 Å². The third-order valence-corrected chi connectivity index (χ3v) is 3.05.